The summed E-state index contributed by atoms with van der Waals surface area (Å²) in [7, 11) is 0. The van der Waals surface area contributed by atoms with Crippen LogP contribution in [0.15, 0.2) is 58.4 Å². The maximum Gasteiger partial charge on any atom is 0.573 e. The highest BCUT2D eigenvalue weighted by molar-refractivity contribution is 5.99. The van der Waals surface area contributed by atoms with Crippen LogP contribution in [0.4, 0.5) is 17.6 Å². The molecule has 2 aromatic carbocycles. The van der Waals surface area contributed by atoms with Gasteiger partial charge in [0.15, 0.2) is 11.6 Å². The van der Waals surface area contributed by atoms with Gasteiger partial charge in [-0.25, -0.2) is 9.18 Å². The van der Waals surface area contributed by atoms with Gasteiger partial charge in [-0.3, -0.25) is 9.56 Å². The Hall–Kier alpha value is -4.19. The lowest BCUT2D eigenvalue weighted by atomic mass is 10.0. The number of H-pyrrole nitrogens is 1. The number of aliphatic imine (C=N–C) groups is 1. The molecule has 0 spiro atoms. The largest absolute Gasteiger partial charge is 0.573 e. The van der Waals surface area contributed by atoms with Gasteiger partial charge >= 0.3 is 12.1 Å². The third-order valence-corrected chi connectivity index (χ3v) is 6.56. The number of rotatable bonds is 8. The van der Waals surface area contributed by atoms with Gasteiger partial charge in [-0.05, 0) is 80.6 Å². The number of halogens is 4. The molecule has 210 valence electrons. The number of fused-ring (bicyclic) bond motifs is 1. The van der Waals surface area contributed by atoms with Crippen molar-refractivity contribution in [3.8, 4) is 22.7 Å². The third kappa shape index (κ3) is 6.17. The summed E-state index contributed by atoms with van der Waals surface area (Å²) in [6.07, 6.45) is -0.916. The molecule has 2 aromatic heterocycles. The fourth-order valence-corrected chi connectivity index (χ4v) is 4.65. The van der Waals surface area contributed by atoms with E-state index in [1.165, 1.54) is 16.7 Å². The van der Waals surface area contributed by atoms with Crippen molar-refractivity contribution in [1.29, 1.82) is 0 Å². The molecule has 0 unspecified atom stereocenters. The second-order valence-electron chi connectivity index (χ2n) is 9.81. The van der Waals surface area contributed by atoms with Gasteiger partial charge in [0.2, 0.25) is 0 Å². The number of nitrogens with zero attached hydrogens (tertiary/aromatic N) is 3. The third-order valence-electron chi connectivity index (χ3n) is 6.56. The Morgan fingerprint density at radius 3 is 2.62 bits per heavy atom. The highest BCUT2D eigenvalue weighted by Gasteiger charge is 2.33. The average molecular weight is 557 g/mol. The van der Waals surface area contributed by atoms with E-state index in [1.54, 1.807) is 18.3 Å². The molecule has 5 rings (SSSR count). The van der Waals surface area contributed by atoms with Crippen LogP contribution in [0.2, 0.25) is 0 Å². The molecular formula is C28H28F4N6O2. The topological polar surface area (TPSA) is 110 Å². The smallest absolute Gasteiger partial charge is 0.403 e. The summed E-state index contributed by atoms with van der Waals surface area (Å²) in [6.45, 7) is 3.43. The maximum absolute atomic E-state index is 15.3. The SMILES string of the molecule is C[C@H](N)CCCc1cc(OC(F)(F)F)c(F)c(-c2cc3cn(-c4ccc(C5=NCCCN5)cc4)c(=O)nc3[nH]2)c1. The van der Waals surface area contributed by atoms with Crippen molar-refractivity contribution in [2.24, 2.45) is 10.7 Å². The molecule has 0 saturated carbocycles. The van der Waals surface area contributed by atoms with E-state index in [0.717, 1.165) is 37.0 Å². The van der Waals surface area contributed by atoms with E-state index >= 15 is 4.39 Å². The van der Waals surface area contributed by atoms with Gasteiger partial charge in [-0.15, -0.1) is 13.2 Å². The first-order valence-corrected chi connectivity index (χ1v) is 12.9. The van der Waals surface area contributed by atoms with Crippen LogP contribution in [-0.4, -0.2) is 45.9 Å². The number of nitrogens with two attached hydrogens (primary N) is 1. The Balaban J connectivity index is 1.50. The predicted molar refractivity (Wildman–Crippen MR) is 144 cm³/mol. The molecule has 1 aliphatic heterocycles. The van der Waals surface area contributed by atoms with Gasteiger partial charge in [0, 0.05) is 41.8 Å². The fraction of sp³-hybridized carbons (Fsp3) is 0.321. The molecule has 0 aliphatic carbocycles. The van der Waals surface area contributed by atoms with E-state index < -0.39 is 23.6 Å². The van der Waals surface area contributed by atoms with Crippen LogP contribution in [-0.2, 0) is 6.42 Å². The Kier molecular flexibility index (Phi) is 7.61. The minimum absolute atomic E-state index is 0.0764. The average Bonchev–Trinajstić information content (AvgIpc) is 3.32. The van der Waals surface area contributed by atoms with Crippen LogP contribution in [0.3, 0.4) is 0 Å². The predicted octanol–water partition coefficient (Wildman–Crippen LogP) is 4.83. The highest BCUT2D eigenvalue weighted by atomic mass is 19.4. The van der Waals surface area contributed by atoms with Crippen LogP contribution >= 0.6 is 0 Å². The second-order valence-corrected chi connectivity index (χ2v) is 9.81. The zero-order valence-corrected chi connectivity index (χ0v) is 21.7. The minimum Gasteiger partial charge on any atom is -0.403 e. The van der Waals surface area contributed by atoms with Crippen molar-refractivity contribution in [2.45, 2.75) is 45.0 Å². The van der Waals surface area contributed by atoms with E-state index in [9.17, 15) is 18.0 Å². The molecule has 4 N–H and O–H groups in total. The lowest BCUT2D eigenvalue weighted by Crippen LogP contribution is -2.30. The van der Waals surface area contributed by atoms with Crippen molar-refractivity contribution in [3.05, 3.63) is 76.1 Å². The molecule has 0 radical (unpaired) electrons. The number of hydrogen-bond acceptors (Lipinski definition) is 6. The van der Waals surface area contributed by atoms with Crippen LogP contribution in [0.25, 0.3) is 28.0 Å². The molecule has 1 atom stereocenters. The first-order valence-electron chi connectivity index (χ1n) is 12.9. The van der Waals surface area contributed by atoms with E-state index in [-0.39, 0.29) is 22.9 Å². The second kappa shape index (κ2) is 11.1. The molecule has 40 heavy (non-hydrogen) atoms. The van der Waals surface area contributed by atoms with Gasteiger partial charge < -0.3 is 20.8 Å². The summed E-state index contributed by atoms with van der Waals surface area (Å²) in [4.78, 5) is 24.3. The zero-order valence-electron chi connectivity index (χ0n) is 21.7. The number of aromatic amines is 1. The minimum atomic E-state index is -5.07. The Bertz CT molecular complexity index is 1610. The van der Waals surface area contributed by atoms with Gasteiger partial charge in [-0.1, -0.05) is 0 Å². The van der Waals surface area contributed by atoms with E-state index in [1.807, 2.05) is 19.1 Å². The fourth-order valence-electron chi connectivity index (χ4n) is 4.65. The molecule has 1 aliphatic rings. The zero-order chi connectivity index (χ0) is 28.4. The Labute approximate surface area is 226 Å². The first-order chi connectivity index (χ1) is 19.1. The van der Waals surface area contributed by atoms with Crippen molar-refractivity contribution < 1.29 is 22.3 Å². The molecule has 0 amide bonds. The number of nitrogens with one attached hydrogen (secondary N) is 2. The monoisotopic (exact) mass is 556 g/mol. The van der Waals surface area contributed by atoms with Crippen molar-refractivity contribution in [3.63, 3.8) is 0 Å². The van der Waals surface area contributed by atoms with Crippen LogP contribution in [0, 0.1) is 5.82 Å². The summed E-state index contributed by atoms with van der Waals surface area (Å²) in [5.74, 6) is -1.31. The maximum atomic E-state index is 15.3. The first kappa shape index (κ1) is 27.4. The van der Waals surface area contributed by atoms with Crippen LogP contribution in [0.5, 0.6) is 5.75 Å². The van der Waals surface area contributed by atoms with Gasteiger partial charge in [0.25, 0.3) is 0 Å². The molecule has 4 aromatic rings. The summed E-state index contributed by atoms with van der Waals surface area (Å²) in [6, 6.07) is 11.2. The standard InChI is InChI=1S/C28H28F4N6O2/c1-16(33)4-2-5-17-12-21(24(29)23(13-17)40-28(30,31)32)22-14-19-15-38(27(39)37-26(19)36-22)20-8-6-18(7-9-20)25-34-10-3-11-35-25/h6-9,12-16H,2-5,10-11,33H2,1H3,(H,34,35)(H,36,37,39)/t16-/m0/s1. The van der Waals surface area contributed by atoms with Gasteiger partial charge in [0.1, 0.15) is 11.5 Å². The number of benzene rings is 2. The molecule has 12 heteroatoms. The quantitative estimate of drug-likeness (QED) is 0.270. The Morgan fingerprint density at radius 2 is 1.95 bits per heavy atom. The molecule has 3 heterocycles. The number of aryl methyl sites for hydroxylation is 1. The number of ether oxygens (including phenoxy) is 1. The summed E-state index contributed by atoms with van der Waals surface area (Å²) < 4.78 is 59.7. The van der Waals surface area contributed by atoms with Gasteiger partial charge in [0.05, 0.1) is 11.4 Å². The molecular weight excluding hydrogens is 528 g/mol. The number of hydrogen-bond donors (Lipinski definition) is 3. The Morgan fingerprint density at radius 1 is 1.18 bits per heavy atom. The lowest BCUT2D eigenvalue weighted by Gasteiger charge is -2.15. The highest BCUT2D eigenvalue weighted by Crippen LogP contribution is 2.35. The molecule has 0 bridgehead atoms. The van der Waals surface area contributed by atoms with Gasteiger partial charge in [-0.2, -0.15) is 4.98 Å². The van der Waals surface area contributed by atoms with E-state index in [4.69, 9.17) is 5.73 Å². The lowest BCUT2D eigenvalue weighted by molar-refractivity contribution is -0.275. The molecule has 0 saturated heterocycles. The number of alkyl halides is 3. The van der Waals surface area contributed by atoms with Crippen LogP contribution < -0.4 is 21.5 Å². The van der Waals surface area contributed by atoms with Crippen molar-refractivity contribution in [2.75, 3.05) is 13.1 Å². The number of aromatic nitrogens is 3. The van der Waals surface area contributed by atoms with E-state index in [2.05, 4.69) is 25.0 Å². The van der Waals surface area contributed by atoms with Crippen LogP contribution in [0.1, 0.15) is 37.3 Å². The number of amidine groups is 1. The normalized spacial score (nSPS) is 14.6. The molecule has 8 nitrogen and oxygen atoms in total. The van der Waals surface area contributed by atoms with E-state index in [0.29, 0.717) is 35.9 Å². The molecule has 0 fully saturated rings. The summed E-state index contributed by atoms with van der Waals surface area (Å²) in [5.41, 5.74) is 7.33. The summed E-state index contributed by atoms with van der Waals surface area (Å²) in [5, 5.41) is 3.72. The summed E-state index contributed by atoms with van der Waals surface area (Å²) >= 11 is 0. The van der Waals surface area contributed by atoms with Crippen molar-refractivity contribution >= 4 is 16.9 Å². The van der Waals surface area contributed by atoms with Crippen molar-refractivity contribution in [1.82, 2.24) is 19.9 Å².